The minimum Gasteiger partial charge on any atom is -0.481 e. The smallest absolute Gasteiger partial charge is 0.307 e. The zero-order valence-electron chi connectivity index (χ0n) is 8.43. The van der Waals surface area contributed by atoms with Crippen LogP contribution in [0.5, 0.6) is 0 Å². The molecule has 0 amide bonds. The van der Waals surface area contributed by atoms with Crippen LogP contribution in [0.3, 0.4) is 0 Å². The second-order valence-corrected chi connectivity index (χ2v) is 3.23. The Morgan fingerprint density at radius 3 is 2.73 bits per heavy atom. The molecular weight excluding hydrogens is 192 g/mol. The molecule has 0 heterocycles. The molecule has 1 rings (SSSR count). The van der Waals surface area contributed by atoms with E-state index < -0.39 is 5.97 Å². The predicted octanol–water partition coefficient (Wildman–Crippen LogP) is 2.30. The molecule has 78 valence electrons. The van der Waals surface area contributed by atoms with E-state index in [0.29, 0.717) is 5.56 Å². The molecule has 0 radical (unpaired) electrons. The van der Waals surface area contributed by atoms with Crippen molar-refractivity contribution in [3.05, 3.63) is 41.0 Å². The Balaban J connectivity index is 2.82. The Hall–Kier alpha value is -1.90. The maximum atomic E-state index is 10.5. The molecular formula is C12H12O3. The third kappa shape index (κ3) is 3.38. The van der Waals surface area contributed by atoms with Crippen molar-refractivity contribution in [3.8, 4) is 0 Å². The Morgan fingerprint density at radius 1 is 1.47 bits per heavy atom. The van der Waals surface area contributed by atoms with Crippen LogP contribution in [-0.2, 0) is 4.79 Å². The van der Waals surface area contributed by atoms with Crippen molar-refractivity contribution in [1.29, 1.82) is 0 Å². The minimum absolute atomic E-state index is 0.00880. The summed E-state index contributed by atoms with van der Waals surface area (Å²) >= 11 is 0. The highest BCUT2D eigenvalue weighted by atomic mass is 16.4. The fourth-order valence-electron chi connectivity index (χ4n) is 1.25. The Morgan fingerprint density at radius 2 is 2.20 bits per heavy atom. The second-order valence-electron chi connectivity index (χ2n) is 3.23. The SMILES string of the molecule is Cc1cc(C=O)ccc1C=CCC(=O)O. The number of carboxylic acids is 1. The molecule has 0 spiro atoms. The molecule has 0 aromatic heterocycles. The molecule has 0 aliphatic rings. The summed E-state index contributed by atoms with van der Waals surface area (Å²) in [5.41, 5.74) is 2.52. The number of rotatable bonds is 4. The molecule has 1 aromatic carbocycles. The summed E-state index contributed by atoms with van der Waals surface area (Å²) in [5, 5.41) is 8.45. The zero-order chi connectivity index (χ0) is 11.3. The van der Waals surface area contributed by atoms with Gasteiger partial charge in [-0.05, 0) is 24.1 Å². The molecule has 0 aliphatic heterocycles. The van der Waals surface area contributed by atoms with E-state index in [2.05, 4.69) is 0 Å². The largest absolute Gasteiger partial charge is 0.481 e. The monoisotopic (exact) mass is 204 g/mol. The third-order valence-corrected chi connectivity index (χ3v) is 2.02. The van der Waals surface area contributed by atoms with Crippen LogP contribution in [0.4, 0.5) is 0 Å². The van der Waals surface area contributed by atoms with Crippen LogP contribution in [0.2, 0.25) is 0 Å². The van der Waals surface area contributed by atoms with Crippen LogP contribution in [0, 0.1) is 6.92 Å². The number of hydrogen-bond donors (Lipinski definition) is 1. The van der Waals surface area contributed by atoms with E-state index in [1.54, 1.807) is 30.4 Å². The first kappa shape index (κ1) is 11.2. The fraction of sp³-hybridized carbons (Fsp3) is 0.167. The molecule has 0 saturated carbocycles. The lowest BCUT2D eigenvalue weighted by Crippen LogP contribution is -1.90. The van der Waals surface area contributed by atoms with Gasteiger partial charge in [0.1, 0.15) is 6.29 Å². The van der Waals surface area contributed by atoms with Gasteiger partial charge in [0.15, 0.2) is 0 Å². The highest BCUT2D eigenvalue weighted by Gasteiger charge is 1.96. The number of carboxylic acid groups (broad SMARTS) is 1. The summed E-state index contributed by atoms with van der Waals surface area (Å²) in [7, 11) is 0. The number of benzene rings is 1. The van der Waals surface area contributed by atoms with Gasteiger partial charge in [0.05, 0.1) is 6.42 Å². The normalized spacial score (nSPS) is 10.5. The van der Waals surface area contributed by atoms with Gasteiger partial charge in [0, 0.05) is 5.56 Å². The lowest BCUT2D eigenvalue weighted by molar-refractivity contribution is -0.135. The topological polar surface area (TPSA) is 54.4 Å². The maximum Gasteiger partial charge on any atom is 0.307 e. The van der Waals surface area contributed by atoms with Crippen molar-refractivity contribution in [2.24, 2.45) is 0 Å². The molecule has 1 aromatic rings. The Kier molecular flexibility index (Phi) is 3.80. The van der Waals surface area contributed by atoms with Crippen LogP contribution in [-0.4, -0.2) is 17.4 Å². The van der Waals surface area contributed by atoms with E-state index in [9.17, 15) is 9.59 Å². The summed E-state index contributed by atoms with van der Waals surface area (Å²) in [6, 6.07) is 5.28. The highest BCUT2D eigenvalue weighted by Crippen LogP contribution is 2.11. The molecule has 0 aliphatic carbocycles. The van der Waals surface area contributed by atoms with Gasteiger partial charge in [0.25, 0.3) is 0 Å². The van der Waals surface area contributed by atoms with E-state index in [1.807, 2.05) is 6.92 Å². The molecule has 0 unspecified atom stereocenters. The highest BCUT2D eigenvalue weighted by molar-refractivity contribution is 5.76. The first-order chi connectivity index (χ1) is 7.13. The molecule has 0 fully saturated rings. The fourth-order valence-corrected chi connectivity index (χ4v) is 1.25. The number of aldehydes is 1. The van der Waals surface area contributed by atoms with Crippen LogP contribution >= 0.6 is 0 Å². The van der Waals surface area contributed by atoms with E-state index in [1.165, 1.54) is 0 Å². The van der Waals surface area contributed by atoms with Gasteiger partial charge in [-0.15, -0.1) is 0 Å². The van der Waals surface area contributed by atoms with E-state index >= 15 is 0 Å². The molecule has 0 bridgehead atoms. The van der Waals surface area contributed by atoms with Crippen molar-refractivity contribution in [2.45, 2.75) is 13.3 Å². The number of hydrogen-bond acceptors (Lipinski definition) is 2. The molecule has 3 nitrogen and oxygen atoms in total. The molecule has 0 saturated heterocycles. The number of aliphatic carboxylic acids is 1. The summed E-state index contributed by atoms with van der Waals surface area (Å²) in [5.74, 6) is -0.853. The van der Waals surface area contributed by atoms with E-state index in [0.717, 1.165) is 17.4 Å². The standard InChI is InChI=1S/C12H12O3/c1-9-7-10(8-13)5-6-11(9)3-2-4-12(14)15/h2-3,5-8H,4H2,1H3,(H,14,15). The van der Waals surface area contributed by atoms with Gasteiger partial charge in [-0.3, -0.25) is 9.59 Å². The Labute approximate surface area is 88.0 Å². The second kappa shape index (κ2) is 5.10. The summed E-state index contributed by atoms with van der Waals surface area (Å²) in [6.45, 7) is 1.88. The molecule has 15 heavy (non-hydrogen) atoms. The van der Waals surface area contributed by atoms with E-state index in [-0.39, 0.29) is 6.42 Å². The quantitative estimate of drug-likeness (QED) is 0.765. The zero-order valence-corrected chi connectivity index (χ0v) is 8.43. The van der Waals surface area contributed by atoms with Crippen LogP contribution in [0.25, 0.3) is 6.08 Å². The van der Waals surface area contributed by atoms with Crippen molar-refractivity contribution >= 4 is 18.3 Å². The maximum absolute atomic E-state index is 10.5. The molecule has 3 heteroatoms. The van der Waals surface area contributed by atoms with Crippen molar-refractivity contribution in [1.82, 2.24) is 0 Å². The minimum atomic E-state index is -0.853. The van der Waals surface area contributed by atoms with Crippen LogP contribution in [0.15, 0.2) is 24.3 Å². The summed E-state index contributed by atoms with van der Waals surface area (Å²) in [6.07, 6.45) is 4.13. The van der Waals surface area contributed by atoms with Crippen molar-refractivity contribution < 1.29 is 14.7 Å². The Bertz CT molecular complexity index is 405. The molecule has 1 N–H and O–H groups in total. The van der Waals surface area contributed by atoms with Gasteiger partial charge >= 0.3 is 5.97 Å². The predicted molar refractivity (Wildman–Crippen MR) is 57.9 cm³/mol. The average molecular weight is 204 g/mol. The van der Waals surface area contributed by atoms with Gasteiger partial charge in [0.2, 0.25) is 0 Å². The number of carbonyl (C=O) groups is 2. The van der Waals surface area contributed by atoms with Gasteiger partial charge in [-0.2, -0.15) is 0 Å². The lowest BCUT2D eigenvalue weighted by Gasteiger charge is -2.00. The van der Waals surface area contributed by atoms with Gasteiger partial charge in [-0.1, -0.05) is 24.3 Å². The van der Waals surface area contributed by atoms with Crippen LogP contribution < -0.4 is 0 Å². The lowest BCUT2D eigenvalue weighted by atomic mass is 10.1. The third-order valence-electron chi connectivity index (χ3n) is 2.02. The first-order valence-corrected chi connectivity index (χ1v) is 4.57. The van der Waals surface area contributed by atoms with Crippen molar-refractivity contribution in [2.75, 3.05) is 0 Å². The van der Waals surface area contributed by atoms with E-state index in [4.69, 9.17) is 5.11 Å². The average Bonchev–Trinajstić information content (AvgIpc) is 2.20. The van der Waals surface area contributed by atoms with Gasteiger partial charge < -0.3 is 5.11 Å². The first-order valence-electron chi connectivity index (χ1n) is 4.57. The van der Waals surface area contributed by atoms with Gasteiger partial charge in [-0.25, -0.2) is 0 Å². The number of carbonyl (C=O) groups excluding carboxylic acids is 1. The molecule has 0 atom stereocenters. The van der Waals surface area contributed by atoms with Crippen molar-refractivity contribution in [3.63, 3.8) is 0 Å². The number of aryl methyl sites for hydroxylation is 1. The summed E-state index contributed by atoms with van der Waals surface area (Å²) < 4.78 is 0. The summed E-state index contributed by atoms with van der Waals surface area (Å²) in [4.78, 5) is 20.8. The van der Waals surface area contributed by atoms with Crippen LogP contribution in [0.1, 0.15) is 27.9 Å².